The lowest BCUT2D eigenvalue weighted by atomic mass is 9.85. The van der Waals surface area contributed by atoms with Crippen molar-refractivity contribution >= 4 is 0 Å². The van der Waals surface area contributed by atoms with Crippen molar-refractivity contribution in [2.45, 2.75) is 26.3 Å². The molecule has 0 aromatic carbocycles. The molecule has 0 saturated heterocycles. The summed E-state index contributed by atoms with van der Waals surface area (Å²) in [6, 6.07) is 0.234. The van der Waals surface area contributed by atoms with Crippen LogP contribution in [0.15, 0.2) is 12.2 Å². The molecule has 0 spiro atoms. The van der Waals surface area contributed by atoms with Crippen LogP contribution in [-0.4, -0.2) is 6.04 Å². The first-order valence-electron chi connectivity index (χ1n) is 4.03. The van der Waals surface area contributed by atoms with Gasteiger partial charge in [0.2, 0.25) is 0 Å². The molecule has 0 fully saturated rings. The Bertz CT molecular complexity index is 219. The normalized spacial score (nSPS) is 35.7. The van der Waals surface area contributed by atoms with Crippen molar-refractivity contribution in [1.82, 2.24) is 0 Å². The van der Waals surface area contributed by atoms with E-state index in [9.17, 15) is 0 Å². The van der Waals surface area contributed by atoms with Crippen molar-refractivity contribution < 1.29 is 0 Å². The first-order valence-corrected chi connectivity index (χ1v) is 4.03. The van der Waals surface area contributed by atoms with Crippen LogP contribution in [0.1, 0.15) is 20.3 Å². The molecule has 11 heavy (non-hydrogen) atoms. The monoisotopic (exact) mass is 149 g/mol. The van der Waals surface area contributed by atoms with E-state index in [-0.39, 0.29) is 6.04 Å². The van der Waals surface area contributed by atoms with Gasteiger partial charge in [-0.3, -0.25) is 0 Å². The second-order valence-corrected chi connectivity index (χ2v) is 3.38. The summed E-state index contributed by atoms with van der Waals surface area (Å²) < 4.78 is 0. The third kappa shape index (κ3) is 1.85. The summed E-state index contributed by atoms with van der Waals surface area (Å²) in [7, 11) is 0. The molecule has 3 atom stereocenters. The van der Waals surface area contributed by atoms with Crippen molar-refractivity contribution in [3.05, 3.63) is 12.2 Å². The fourth-order valence-electron chi connectivity index (χ4n) is 1.20. The van der Waals surface area contributed by atoms with Crippen LogP contribution in [0.4, 0.5) is 0 Å². The van der Waals surface area contributed by atoms with Gasteiger partial charge in [-0.2, -0.15) is 0 Å². The van der Waals surface area contributed by atoms with E-state index >= 15 is 0 Å². The van der Waals surface area contributed by atoms with Gasteiger partial charge in [0.15, 0.2) is 0 Å². The Kier molecular flexibility index (Phi) is 2.36. The van der Waals surface area contributed by atoms with Crippen LogP contribution < -0.4 is 5.73 Å². The van der Waals surface area contributed by atoms with Crippen LogP contribution in [0.2, 0.25) is 0 Å². The first-order chi connectivity index (χ1) is 5.11. The van der Waals surface area contributed by atoms with Crippen LogP contribution in [0.25, 0.3) is 0 Å². The van der Waals surface area contributed by atoms with Gasteiger partial charge in [0.05, 0.1) is 0 Å². The van der Waals surface area contributed by atoms with Crippen molar-refractivity contribution in [1.29, 1.82) is 0 Å². The summed E-state index contributed by atoms with van der Waals surface area (Å²) in [5, 5.41) is 0. The molecule has 0 heterocycles. The van der Waals surface area contributed by atoms with Crippen molar-refractivity contribution in [3.63, 3.8) is 0 Å². The van der Waals surface area contributed by atoms with Gasteiger partial charge in [-0.15, -0.1) is 0 Å². The Labute approximate surface area is 68.7 Å². The van der Waals surface area contributed by atoms with Gasteiger partial charge in [-0.25, -0.2) is 0 Å². The van der Waals surface area contributed by atoms with Gasteiger partial charge < -0.3 is 5.73 Å². The Morgan fingerprint density at radius 3 is 2.64 bits per heavy atom. The lowest BCUT2D eigenvalue weighted by Gasteiger charge is -2.23. The largest absolute Gasteiger partial charge is 0.327 e. The summed E-state index contributed by atoms with van der Waals surface area (Å²) in [4.78, 5) is 0. The summed E-state index contributed by atoms with van der Waals surface area (Å²) in [6.07, 6.45) is 0.976. The number of allylic oxidation sites excluding steroid dienone is 1. The van der Waals surface area contributed by atoms with Crippen molar-refractivity contribution in [3.8, 4) is 11.8 Å². The molecule has 0 aromatic heterocycles. The van der Waals surface area contributed by atoms with Crippen LogP contribution in [0, 0.1) is 23.7 Å². The van der Waals surface area contributed by atoms with E-state index in [0.29, 0.717) is 11.8 Å². The highest BCUT2D eigenvalue weighted by atomic mass is 14.6. The van der Waals surface area contributed by atoms with E-state index in [1.54, 1.807) is 0 Å². The van der Waals surface area contributed by atoms with Crippen LogP contribution in [-0.2, 0) is 0 Å². The van der Waals surface area contributed by atoms with Crippen LogP contribution >= 0.6 is 0 Å². The zero-order chi connectivity index (χ0) is 8.43. The SMILES string of the molecule is C=C(C)C1C#CC(C)C(N)C1. The maximum atomic E-state index is 5.86. The van der Waals surface area contributed by atoms with Crippen molar-refractivity contribution in [2.75, 3.05) is 0 Å². The van der Waals surface area contributed by atoms with E-state index in [0.717, 1.165) is 12.0 Å². The molecule has 60 valence electrons. The van der Waals surface area contributed by atoms with E-state index in [4.69, 9.17) is 5.73 Å². The van der Waals surface area contributed by atoms with E-state index in [1.165, 1.54) is 0 Å². The molecule has 2 N–H and O–H groups in total. The topological polar surface area (TPSA) is 26.0 Å². The molecule has 0 aromatic rings. The third-order valence-corrected chi connectivity index (χ3v) is 2.23. The molecule has 1 nitrogen and oxygen atoms in total. The molecule has 0 aliphatic heterocycles. The Hall–Kier alpha value is -0.740. The highest BCUT2D eigenvalue weighted by molar-refractivity contribution is 5.21. The lowest BCUT2D eigenvalue weighted by molar-refractivity contribution is 0.464. The molecule has 0 saturated carbocycles. The second-order valence-electron chi connectivity index (χ2n) is 3.38. The molecular formula is C10H15N. The van der Waals surface area contributed by atoms with Gasteiger partial charge in [0.1, 0.15) is 0 Å². The number of hydrogen-bond donors (Lipinski definition) is 1. The third-order valence-electron chi connectivity index (χ3n) is 2.23. The molecule has 0 amide bonds. The molecule has 1 aliphatic carbocycles. The molecule has 1 aliphatic rings. The van der Waals surface area contributed by atoms with Gasteiger partial charge in [0.25, 0.3) is 0 Å². The fourth-order valence-corrected chi connectivity index (χ4v) is 1.20. The summed E-state index contributed by atoms with van der Waals surface area (Å²) in [5.41, 5.74) is 7.00. The predicted octanol–water partition coefficient (Wildman–Crippen LogP) is 1.55. The van der Waals surface area contributed by atoms with Crippen molar-refractivity contribution in [2.24, 2.45) is 17.6 Å². The lowest BCUT2D eigenvalue weighted by Crippen LogP contribution is -2.32. The summed E-state index contributed by atoms with van der Waals surface area (Å²) >= 11 is 0. The minimum atomic E-state index is 0.234. The maximum Gasteiger partial charge on any atom is 0.0421 e. The second kappa shape index (κ2) is 3.11. The minimum Gasteiger partial charge on any atom is -0.327 e. The van der Waals surface area contributed by atoms with E-state index in [1.807, 2.05) is 6.92 Å². The average molecular weight is 149 g/mol. The standard InChI is InChI=1S/C10H15N/c1-7(2)9-5-4-8(3)10(11)6-9/h8-10H,1,6,11H2,2-3H3. The highest BCUT2D eigenvalue weighted by Gasteiger charge is 2.19. The summed E-state index contributed by atoms with van der Waals surface area (Å²) in [6.45, 7) is 7.97. The highest BCUT2D eigenvalue weighted by Crippen LogP contribution is 2.20. The van der Waals surface area contributed by atoms with Crippen LogP contribution in [0.3, 0.4) is 0 Å². The zero-order valence-corrected chi connectivity index (χ0v) is 7.22. The number of rotatable bonds is 1. The fraction of sp³-hybridized carbons (Fsp3) is 0.600. The first kappa shape index (κ1) is 8.36. The smallest absolute Gasteiger partial charge is 0.0421 e. The van der Waals surface area contributed by atoms with Gasteiger partial charge >= 0.3 is 0 Å². The number of nitrogens with two attached hydrogens (primary N) is 1. The van der Waals surface area contributed by atoms with Gasteiger partial charge in [-0.1, -0.05) is 24.0 Å². The average Bonchev–Trinajstić information content (AvgIpc) is 1.94. The van der Waals surface area contributed by atoms with Gasteiger partial charge in [-0.05, 0) is 20.3 Å². The molecule has 1 heteroatoms. The molecular weight excluding hydrogens is 134 g/mol. The Morgan fingerprint density at radius 1 is 1.55 bits per heavy atom. The molecule has 0 bridgehead atoms. The zero-order valence-electron chi connectivity index (χ0n) is 7.22. The van der Waals surface area contributed by atoms with E-state index in [2.05, 4.69) is 25.3 Å². The van der Waals surface area contributed by atoms with Crippen LogP contribution in [0.5, 0.6) is 0 Å². The van der Waals surface area contributed by atoms with Gasteiger partial charge in [0, 0.05) is 17.9 Å². The quantitative estimate of drug-likeness (QED) is 0.444. The molecule has 3 unspecified atom stereocenters. The molecule has 0 radical (unpaired) electrons. The minimum absolute atomic E-state index is 0.234. The maximum absolute atomic E-state index is 5.86. The Morgan fingerprint density at radius 2 is 2.18 bits per heavy atom. The van der Waals surface area contributed by atoms with E-state index < -0.39 is 0 Å². The Balaban J connectivity index is 2.70. The number of hydrogen-bond acceptors (Lipinski definition) is 1. The predicted molar refractivity (Wildman–Crippen MR) is 47.8 cm³/mol. The molecule has 1 rings (SSSR count). The summed E-state index contributed by atoms with van der Waals surface area (Å²) in [5.74, 6) is 6.98.